The van der Waals surface area contributed by atoms with Crippen LogP contribution < -0.4 is 5.73 Å². The fraction of sp³-hybridized carbons (Fsp3) is 0.846. The zero-order valence-corrected chi connectivity index (χ0v) is 12.1. The number of methoxy groups -OCH3 is 1. The van der Waals surface area contributed by atoms with Crippen LogP contribution in [0.25, 0.3) is 0 Å². The number of hydrogen-bond acceptors (Lipinski definition) is 5. The highest BCUT2D eigenvalue weighted by molar-refractivity contribution is 5.76. The molecule has 0 aromatic carbocycles. The average Bonchev–Trinajstić information content (AvgIpc) is 2.37. The van der Waals surface area contributed by atoms with Gasteiger partial charge in [-0.15, -0.1) is 0 Å². The molecule has 1 saturated heterocycles. The van der Waals surface area contributed by atoms with Crippen molar-refractivity contribution in [2.75, 3.05) is 33.3 Å². The van der Waals surface area contributed by atoms with Crippen LogP contribution in [0.4, 0.5) is 0 Å². The Kier molecular flexibility index (Phi) is 6.24. The molecule has 1 aliphatic rings. The molecule has 0 bridgehead atoms. The second kappa shape index (κ2) is 7.45. The molecule has 19 heavy (non-hydrogen) atoms. The lowest BCUT2D eigenvalue weighted by Crippen LogP contribution is -2.52. The van der Waals surface area contributed by atoms with Crippen LogP contribution in [0.3, 0.4) is 0 Å². The van der Waals surface area contributed by atoms with Crippen molar-refractivity contribution in [3.63, 3.8) is 0 Å². The van der Waals surface area contributed by atoms with Gasteiger partial charge in [0.15, 0.2) is 0 Å². The van der Waals surface area contributed by atoms with Gasteiger partial charge in [0.25, 0.3) is 0 Å². The van der Waals surface area contributed by atoms with Crippen LogP contribution in [0.1, 0.15) is 26.7 Å². The lowest BCUT2D eigenvalue weighted by molar-refractivity contribution is -0.142. The van der Waals surface area contributed by atoms with Gasteiger partial charge in [-0.25, -0.2) is 0 Å². The van der Waals surface area contributed by atoms with Gasteiger partial charge in [0, 0.05) is 44.7 Å². The molecule has 2 N–H and O–H groups in total. The molecule has 0 aromatic rings. The van der Waals surface area contributed by atoms with E-state index in [-0.39, 0.29) is 24.0 Å². The third-order valence-corrected chi connectivity index (χ3v) is 3.48. The van der Waals surface area contributed by atoms with E-state index in [4.69, 9.17) is 5.73 Å². The van der Waals surface area contributed by atoms with Gasteiger partial charge in [-0.3, -0.25) is 14.5 Å². The molecule has 0 aliphatic carbocycles. The van der Waals surface area contributed by atoms with Gasteiger partial charge in [-0.1, -0.05) is 0 Å². The van der Waals surface area contributed by atoms with E-state index in [0.29, 0.717) is 25.9 Å². The van der Waals surface area contributed by atoms with Gasteiger partial charge >= 0.3 is 5.97 Å². The van der Waals surface area contributed by atoms with E-state index < -0.39 is 0 Å². The minimum absolute atomic E-state index is 0.0937. The van der Waals surface area contributed by atoms with Crippen LogP contribution in [-0.2, 0) is 14.3 Å². The van der Waals surface area contributed by atoms with E-state index in [0.717, 1.165) is 13.1 Å². The normalized spacial score (nSPS) is 19.9. The fourth-order valence-electron chi connectivity index (χ4n) is 2.27. The maximum absolute atomic E-state index is 11.9. The third kappa shape index (κ3) is 5.16. The number of esters is 1. The van der Waals surface area contributed by atoms with Crippen LogP contribution >= 0.6 is 0 Å². The van der Waals surface area contributed by atoms with Gasteiger partial charge in [-0.05, 0) is 13.8 Å². The van der Waals surface area contributed by atoms with Gasteiger partial charge in [0.1, 0.15) is 0 Å². The van der Waals surface area contributed by atoms with Crippen LogP contribution in [0, 0.1) is 0 Å². The van der Waals surface area contributed by atoms with Crippen molar-refractivity contribution in [2.45, 2.75) is 38.8 Å². The first kappa shape index (κ1) is 15.9. The van der Waals surface area contributed by atoms with Crippen molar-refractivity contribution in [3.8, 4) is 0 Å². The third-order valence-electron chi connectivity index (χ3n) is 3.48. The van der Waals surface area contributed by atoms with Crippen molar-refractivity contribution >= 4 is 11.9 Å². The predicted molar refractivity (Wildman–Crippen MR) is 72.5 cm³/mol. The molecule has 0 aromatic heterocycles. The average molecular weight is 271 g/mol. The summed E-state index contributed by atoms with van der Waals surface area (Å²) < 4.78 is 4.67. The summed E-state index contributed by atoms with van der Waals surface area (Å²) in [6.45, 7) is 6.85. The minimum atomic E-state index is -0.192. The summed E-state index contributed by atoms with van der Waals surface area (Å²) in [6, 6.07) is 0.0573. The van der Waals surface area contributed by atoms with Gasteiger partial charge in [0.05, 0.1) is 13.5 Å². The van der Waals surface area contributed by atoms with Crippen LogP contribution in [0.5, 0.6) is 0 Å². The Bertz CT molecular complexity index is 312. The van der Waals surface area contributed by atoms with E-state index >= 15 is 0 Å². The summed E-state index contributed by atoms with van der Waals surface area (Å²) in [4.78, 5) is 27.2. The summed E-state index contributed by atoms with van der Waals surface area (Å²) in [6.07, 6.45) is 0.794. The molecule has 2 atom stereocenters. The van der Waals surface area contributed by atoms with Crippen LogP contribution in [0.15, 0.2) is 0 Å². The molecule has 0 spiro atoms. The number of ether oxygens (including phenoxy) is 1. The number of nitrogens with two attached hydrogens (primary N) is 1. The van der Waals surface area contributed by atoms with Crippen molar-refractivity contribution in [1.82, 2.24) is 9.80 Å². The predicted octanol–water partition coefficient (Wildman–Crippen LogP) is -0.180. The summed E-state index contributed by atoms with van der Waals surface area (Å²) in [5, 5.41) is 0. The highest BCUT2D eigenvalue weighted by Gasteiger charge is 2.25. The molecule has 0 radical (unpaired) electrons. The first-order valence-electron chi connectivity index (χ1n) is 6.78. The van der Waals surface area contributed by atoms with Crippen molar-refractivity contribution in [1.29, 1.82) is 0 Å². The molecule has 6 nitrogen and oxygen atoms in total. The van der Waals surface area contributed by atoms with Crippen molar-refractivity contribution < 1.29 is 14.3 Å². The minimum Gasteiger partial charge on any atom is -0.469 e. The molecule has 110 valence electrons. The van der Waals surface area contributed by atoms with E-state index in [1.54, 1.807) is 0 Å². The van der Waals surface area contributed by atoms with Crippen molar-refractivity contribution in [2.24, 2.45) is 5.73 Å². The zero-order valence-electron chi connectivity index (χ0n) is 12.1. The molecule has 1 amide bonds. The van der Waals surface area contributed by atoms with Gasteiger partial charge in [-0.2, -0.15) is 0 Å². The summed E-state index contributed by atoms with van der Waals surface area (Å²) in [7, 11) is 1.40. The monoisotopic (exact) mass is 271 g/mol. The number of nitrogens with zero attached hydrogens (tertiary/aromatic N) is 2. The van der Waals surface area contributed by atoms with Crippen LogP contribution in [0.2, 0.25) is 0 Å². The zero-order chi connectivity index (χ0) is 14.4. The van der Waals surface area contributed by atoms with E-state index in [2.05, 4.69) is 9.64 Å². The number of rotatable bonds is 5. The molecule has 1 heterocycles. The second-order valence-electron chi connectivity index (χ2n) is 5.23. The molecule has 6 heteroatoms. The summed E-state index contributed by atoms with van der Waals surface area (Å²) in [5.74, 6) is -0.0711. The SMILES string of the molecule is COC(=O)CC(C)N1CCN(C(=O)CC(C)N)CC1. The Morgan fingerprint density at radius 3 is 2.21 bits per heavy atom. The molecular weight excluding hydrogens is 246 g/mol. The highest BCUT2D eigenvalue weighted by atomic mass is 16.5. The second-order valence-corrected chi connectivity index (χ2v) is 5.23. The van der Waals surface area contributed by atoms with E-state index in [1.807, 2.05) is 18.7 Å². The van der Waals surface area contributed by atoms with E-state index in [1.165, 1.54) is 7.11 Å². The first-order valence-corrected chi connectivity index (χ1v) is 6.78. The molecule has 0 saturated carbocycles. The number of carbonyl (C=O) groups excluding carboxylic acids is 2. The Labute approximate surface area is 114 Å². The number of amides is 1. The summed E-state index contributed by atoms with van der Waals surface area (Å²) in [5.41, 5.74) is 5.64. The maximum atomic E-state index is 11.9. The highest BCUT2D eigenvalue weighted by Crippen LogP contribution is 2.11. The Balaban J connectivity index is 2.36. The van der Waals surface area contributed by atoms with E-state index in [9.17, 15) is 9.59 Å². The largest absolute Gasteiger partial charge is 0.469 e. The fourth-order valence-corrected chi connectivity index (χ4v) is 2.27. The number of carbonyl (C=O) groups is 2. The topological polar surface area (TPSA) is 75.9 Å². The number of hydrogen-bond donors (Lipinski definition) is 1. The Morgan fingerprint density at radius 1 is 1.16 bits per heavy atom. The maximum Gasteiger partial charge on any atom is 0.307 e. The lowest BCUT2D eigenvalue weighted by Gasteiger charge is -2.38. The molecule has 2 unspecified atom stereocenters. The Hall–Kier alpha value is -1.14. The lowest BCUT2D eigenvalue weighted by atomic mass is 10.1. The molecular formula is C13H25N3O3. The molecule has 1 aliphatic heterocycles. The van der Waals surface area contributed by atoms with Gasteiger partial charge < -0.3 is 15.4 Å². The Morgan fingerprint density at radius 2 is 1.74 bits per heavy atom. The molecule has 1 rings (SSSR count). The van der Waals surface area contributed by atoms with Crippen LogP contribution in [-0.4, -0.2) is 67.0 Å². The smallest absolute Gasteiger partial charge is 0.307 e. The quantitative estimate of drug-likeness (QED) is 0.702. The number of piperazine rings is 1. The van der Waals surface area contributed by atoms with Gasteiger partial charge in [0.2, 0.25) is 5.91 Å². The van der Waals surface area contributed by atoms with Crippen molar-refractivity contribution in [3.05, 3.63) is 0 Å². The summed E-state index contributed by atoms with van der Waals surface area (Å²) >= 11 is 0. The molecule has 1 fully saturated rings. The first-order chi connectivity index (χ1) is 8.93. The standard InChI is InChI=1S/C13H25N3O3/c1-10(14)8-12(17)16-6-4-15(5-7-16)11(2)9-13(18)19-3/h10-11H,4-9,14H2,1-3H3.